The van der Waals surface area contributed by atoms with Crippen molar-refractivity contribution in [2.24, 2.45) is 0 Å². The Labute approximate surface area is 141 Å². The van der Waals surface area contributed by atoms with E-state index >= 15 is 0 Å². The molecule has 4 nitrogen and oxygen atoms in total. The van der Waals surface area contributed by atoms with Crippen LogP contribution >= 0.6 is 11.6 Å². The van der Waals surface area contributed by atoms with Crippen molar-refractivity contribution >= 4 is 23.2 Å². The van der Waals surface area contributed by atoms with E-state index in [9.17, 15) is 18.0 Å². The van der Waals surface area contributed by atoms with Gasteiger partial charge in [0, 0.05) is 5.69 Å². The fraction of sp³-hybridized carbons (Fsp3) is 0.188. The summed E-state index contributed by atoms with van der Waals surface area (Å²) in [4.78, 5) is 11.8. The first-order valence-corrected chi connectivity index (χ1v) is 7.25. The summed E-state index contributed by atoms with van der Waals surface area (Å²) in [5, 5.41) is 2.46. The van der Waals surface area contributed by atoms with Gasteiger partial charge in [-0.05, 0) is 30.3 Å². The zero-order valence-electron chi connectivity index (χ0n) is 12.3. The summed E-state index contributed by atoms with van der Waals surface area (Å²) in [5.74, 6) is -1.04. The Morgan fingerprint density at radius 2 is 1.92 bits per heavy atom. The molecule has 0 fully saturated rings. The van der Waals surface area contributed by atoms with Crippen LogP contribution < -0.4 is 14.8 Å². The van der Waals surface area contributed by atoms with Gasteiger partial charge in [-0.1, -0.05) is 23.7 Å². The number of anilines is 1. The third kappa shape index (κ3) is 5.34. The first-order valence-electron chi connectivity index (χ1n) is 6.87. The van der Waals surface area contributed by atoms with E-state index < -0.39 is 18.3 Å². The van der Waals surface area contributed by atoms with Crippen molar-refractivity contribution < 1.29 is 27.4 Å². The number of halogens is 4. The van der Waals surface area contributed by atoms with Crippen molar-refractivity contribution in [1.82, 2.24) is 0 Å². The van der Waals surface area contributed by atoms with Crippen LogP contribution in [0.25, 0.3) is 0 Å². The van der Waals surface area contributed by atoms with Crippen LogP contribution in [0.4, 0.5) is 18.9 Å². The van der Waals surface area contributed by atoms with E-state index in [4.69, 9.17) is 16.3 Å². The molecule has 1 N–H and O–H groups in total. The summed E-state index contributed by atoms with van der Waals surface area (Å²) in [6, 6.07) is 9.73. The Morgan fingerprint density at radius 3 is 2.58 bits per heavy atom. The van der Waals surface area contributed by atoms with Gasteiger partial charge >= 0.3 is 6.61 Å². The molecule has 0 saturated carbocycles. The minimum Gasteiger partial charge on any atom is -0.490 e. The summed E-state index contributed by atoms with van der Waals surface area (Å²) in [5.41, 5.74) is 0.317. The second kappa shape index (κ2) is 8.44. The van der Waals surface area contributed by atoms with E-state index in [0.29, 0.717) is 5.69 Å². The Balaban J connectivity index is 1.84. The summed E-state index contributed by atoms with van der Waals surface area (Å²) < 4.78 is 46.9. The van der Waals surface area contributed by atoms with Gasteiger partial charge in [-0.25, -0.2) is 4.39 Å². The van der Waals surface area contributed by atoms with E-state index in [0.717, 1.165) is 0 Å². The number of rotatable bonds is 7. The Bertz CT molecular complexity index is 713. The van der Waals surface area contributed by atoms with E-state index in [1.54, 1.807) is 6.07 Å². The molecule has 0 aliphatic carbocycles. The molecule has 2 aromatic carbocycles. The number of hydrogen-bond acceptors (Lipinski definition) is 3. The number of para-hydroxylation sites is 1. The number of ether oxygens (including phenoxy) is 2. The highest BCUT2D eigenvalue weighted by molar-refractivity contribution is 6.32. The van der Waals surface area contributed by atoms with Crippen LogP contribution in [0, 0.1) is 5.82 Å². The lowest BCUT2D eigenvalue weighted by Crippen LogP contribution is -2.15. The predicted molar refractivity (Wildman–Crippen MR) is 83.2 cm³/mol. The van der Waals surface area contributed by atoms with Gasteiger partial charge in [0.15, 0.2) is 11.6 Å². The van der Waals surface area contributed by atoms with Gasteiger partial charge in [0.25, 0.3) is 0 Å². The molecule has 0 spiro atoms. The molecule has 0 radical (unpaired) electrons. The fourth-order valence-corrected chi connectivity index (χ4v) is 2.03. The maximum absolute atomic E-state index is 13.3. The minimum absolute atomic E-state index is 0.0208. The van der Waals surface area contributed by atoms with Crippen molar-refractivity contribution in [1.29, 1.82) is 0 Å². The lowest BCUT2D eigenvalue weighted by atomic mass is 10.3. The molecule has 0 aliphatic heterocycles. The molecule has 2 aromatic rings. The molecule has 0 atom stereocenters. The summed E-state index contributed by atoms with van der Waals surface area (Å²) in [7, 11) is 0. The molecule has 2 rings (SSSR count). The first kappa shape index (κ1) is 17.9. The van der Waals surface area contributed by atoms with Crippen LogP contribution in [0.15, 0.2) is 42.5 Å². The summed E-state index contributed by atoms with van der Waals surface area (Å²) >= 11 is 5.78. The monoisotopic (exact) mass is 359 g/mol. The molecule has 8 heteroatoms. The fourth-order valence-electron chi connectivity index (χ4n) is 1.81. The van der Waals surface area contributed by atoms with Crippen molar-refractivity contribution in [3.05, 3.63) is 53.3 Å². The predicted octanol–water partition coefficient (Wildman–Crippen LogP) is 4.49. The first-order chi connectivity index (χ1) is 11.5. The minimum atomic E-state index is -2.99. The molecule has 128 valence electrons. The number of benzene rings is 2. The number of amides is 1. The van der Waals surface area contributed by atoms with Crippen LogP contribution in [-0.4, -0.2) is 19.1 Å². The number of alkyl halides is 2. The summed E-state index contributed by atoms with van der Waals surface area (Å²) in [6.45, 7) is -3.01. The molecular weight excluding hydrogens is 347 g/mol. The lowest BCUT2D eigenvalue weighted by Gasteiger charge is -2.10. The van der Waals surface area contributed by atoms with Crippen LogP contribution in [0.2, 0.25) is 5.02 Å². The molecule has 0 heterocycles. The molecule has 0 aromatic heterocycles. The zero-order valence-corrected chi connectivity index (χ0v) is 13.0. The van der Waals surface area contributed by atoms with E-state index in [1.165, 1.54) is 36.4 Å². The topological polar surface area (TPSA) is 47.6 Å². The van der Waals surface area contributed by atoms with Gasteiger partial charge in [-0.15, -0.1) is 0 Å². The van der Waals surface area contributed by atoms with E-state index in [1.807, 2.05) is 0 Å². The quantitative estimate of drug-likeness (QED) is 0.792. The van der Waals surface area contributed by atoms with Gasteiger partial charge in [0.1, 0.15) is 5.75 Å². The van der Waals surface area contributed by atoms with Gasteiger partial charge in [0.2, 0.25) is 5.91 Å². The van der Waals surface area contributed by atoms with Crippen molar-refractivity contribution in [2.75, 3.05) is 11.9 Å². The molecule has 0 saturated heterocycles. The Hall–Kier alpha value is -2.41. The molecule has 0 bridgehead atoms. The Kier molecular flexibility index (Phi) is 6.31. The van der Waals surface area contributed by atoms with Crippen LogP contribution in [0.1, 0.15) is 6.42 Å². The van der Waals surface area contributed by atoms with E-state index in [-0.39, 0.29) is 29.5 Å². The lowest BCUT2D eigenvalue weighted by molar-refractivity contribution is -0.116. The zero-order chi connectivity index (χ0) is 17.5. The highest BCUT2D eigenvalue weighted by atomic mass is 35.5. The highest BCUT2D eigenvalue weighted by Gasteiger charge is 2.10. The third-order valence-corrected chi connectivity index (χ3v) is 3.15. The normalized spacial score (nSPS) is 10.5. The van der Waals surface area contributed by atoms with Crippen LogP contribution in [0.3, 0.4) is 0 Å². The van der Waals surface area contributed by atoms with Crippen LogP contribution in [0.5, 0.6) is 11.5 Å². The molecule has 1 amide bonds. The maximum Gasteiger partial charge on any atom is 0.387 e. The van der Waals surface area contributed by atoms with Crippen molar-refractivity contribution in [3.8, 4) is 11.5 Å². The number of nitrogens with one attached hydrogen (secondary N) is 1. The molecular formula is C16H13ClF3NO3. The largest absolute Gasteiger partial charge is 0.490 e. The standard InChI is InChI=1S/C16H13ClF3NO3/c17-11-9-10(5-6-13(11)24-16(19)20)21-15(22)7-8-23-14-4-2-1-3-12(14)18/h1-6,9,16H,7-8H2,(H,21,22). The number of carbonyl (C=O) groups excluding carboxylic acids is 1. The molecule has 0 unspecified atom stereocenters. The number of carbonyl (C=O) groups is 1. The third-order valence-electron chi connectivity index (χ3n) is 2.86. The second-order valence-corrected chi connectivity index (χ2v) is 5.01. The second-order valence-electron chi connectivity index (χ2n) is 4.60. The van der Waals surface area contributed by atoms with Gasteiger partial charge in [-0.3, -0.25) is 4.79 Å². The van der Waals surface area contributed by atoms with E-state index in [2.05, 4.69) is 10.1 Å². The SMILES string of the molecule is O=C(CCOc1ccccc1F)Nc1ccc(OC(F)F)c(Cl)c1. The number of hydrogen-bond donors (Lipinski definition) is 1. The van der Waals surface area contributed by atoms with Crippen molar-refractivity contribution in [3.63, 3.8) is 0 Å². The van der Waals surface area contributed by atoms with Gasteiger partial charge in [0.05, 0.1) is 18.1 Å². The Morgan fingerprint density at radius 1 is 1.17 bits per heavy atom. The average Bonchev–Trinajstić information content (AvgIpc) is 2.51. The van der Waals surface area contributed by atoms with Crippen molar-refractivity contribution in [2.45, 2.75) is 13.0 Å². The summed E-state index contributed by atoms with van der Waals surface area (Å²) in [6.07, 6.45) is -0.0265. The smallest absolute Gasteiger partial charge is 0.387 e. The van der Waals surface area contributed by atoms with Gasteiger partial charge in [-0.2, -0.15) is 8.78 Å². The maximum atomic E-state index is 13.3. The molecule has 24 heavy (non-hydrogen) atoms. The molecule has 0 aliphatic rings. The van der Waals surface area contributed by atoms with Gasteiger partial charge < -0.3 is 14.8 Å². The van der Waals surface area contributed by atoms with Crippen LogP contribution in [-0.2, 0) is 4.79 Å². The average molecular weight is 360 g/mol. The highest BCUT2D eigenvalue weighted by Crippen LogP contribution is 2.29.